The molecule has 1 aliphatic rings. The van der Waals surface area contributed by atoms with E-state index >= 15 is 0 Å². The van der Waals surface area contributed by atoms with Gasteiger partial charge in [-0.15, -0.1) is 0 Å². The summed E-state index contributed by atoms with van der Waals surface area (Å²) >= 11 is 0. The number of rotatable bonds is 4. The lowest BCUT2D eigenvalue weighted by molar-refractivity contribution is 0.174. The smallest absolute Gasteiger partial charge is 0.231 e. The molecule has 0 spiro atoms. The second-order valence-electron chi connectivity index (χ2n) is 5.01. The van der Waals surface area contributed by atoms with Crippen LogP contribution in [0.1, 0.15) is 25.8 Å². The van der Waals surface area contributed by atoms with E-state index in [9.17, 15) is 0 Å². The summed E-state index contributed by atoms with van der Waals surface area (Å²) in [5.74, 6) is 2.37. The van der Waals surface area contributed by atoms with E-state index in [1.54, 1.807) is 7.11 Å². The number of hydrogen-bond acceptors (Lipinski definition) is 4. The number of fused-ring (bicyclic) bond motifs is 1. The Bertz CT molecular complexity index is 410. The van der Waals surface area contributed by atoms with Crippen molar-refractivity contribution in [2.45, 2.75) is 32.2 Å². The molecule has 4 heteroatoms. The zero-order valence-electron chi connectivity index (χ0n) is 10.6. The lowest BCUT2D eigenvalue weighted by Crippen LogP contribution is -2.32. The first-order chi connectivity index (χ1) is 7.99. The monoisotopic (exact) mass is 237 g/mol. The van der Waals surface area contributed by atoms with Crippen LogP contribution < -0.4 is 19.9 Å². The maximum absolute atomic E-state index is 5.99. The van der Waals surface area contributed by atoms with E-state index in [4.69, 9.17) is 19.9 Å². The molecule has 1 aromatic carbocycles. The molecule has 0 atom stereocenters. The van der Waals surface area contributed by atoms with Gasteiger partial charge in [0.2, 0.25) is 6.79 Å². The Kier molecular flexibility index (Phi) is 3.15. The average Bonchev–Trinajstić information content (AvgIpc) is 2.70. The molecule has 0 aromatic heterocycles. The third kappa shape index (κ3) is 2.82. The van der Waals surface area contributed by atoms with E-state index in [2.05, 4.69) is 0 Å². The minimum atomic E-state index is -0.179. The highest BCUT2D eigenvalue weighted by Crippen LogP contribution is 2.38. The number of ether oxygens (including phenoxy) is 3. The van der Waals surface area contributed by atoms with Gasteiger partial charge in [0.25, 0.3) is 0 Å². The summed E-state index contributed by atoms with van der Waals surface area (Å²) in [4.78, 5) is 0. The third-order valence-corrected chi connectivity index (χ3v) is 2.81. The fourth-order valence-electron chi connectivity index (χ4n) is 1.81. The van der Waals surface area contributed by atoms with Crippen LogP contribution in [0.5, 0.6) is 17.2 Å². The molecular weight excluding hydrogens is 218 g/mol. The lowest BCUT2D eigenvalue weighted by atomic mass is 9.96. The summed E-state index contributed by atoms with van der Waals surface area (Å²) in [5.41, 5.74) is 6.92. The van der Waals surface area contributed by atoms with Gasteiger partial charge in [-0.3, -0.25) is 0 Å². The van der Waals surface area contributed by atoms with Crippen LogP contribution in [0.2, 0.25) is 0 Å². The predicted octanol–water partition coefficient (Wildman–Crippen LogP) is 2.09. The van der Waals surface area contributed by atoms with Gasteiger partial charge in [-0.1, -0.05) is 0 Å². The van der Waals surface area contributed by atoms with Crippen molar-refractivity contribution in [2.24, 2.45) is 5.73 Å². The topological polar surface area (TPSA) is 53.7 Å². The Morgan fingerprint density at radius 2 is 1.94 bits per heavy atom. The van der Waals surface area contributed by atoms with E-state index in [1.165, 1.54) is 0 Å². The van der Waals surface area contributed by atoms with Crippen molar-refractivity contribution in [3.63, 3.8) is 0 Å². The van der Waals surface area contributed by atoms with Crippen molar-refractivity contribution in [3.8, 4) is 17.2 Å². The van der Waals surface area contributed by atoms with E-state index in [0.29, 0.717) is 0 Å². The lowest BCUT2D eigenvalue weighted by Gasteiger charge is -2.19. The normalized spacial score (nSPS) is 13.9. The fraction of sp³-hybridized carbons (Fsp3) is 0.538. The fourth-order valence-corrected chi connectivity index (χ4v) is 1.81. The number of aryl methyl sites for hydroxylation is 1. The van der Waals surface area contributed by atoms with Crippen LogP contribution in [0, 0.1) is 0 Å². The van der Waals surface area contributed by atoms with Crippen molar-refractivity contribution in [1.29, 1.82) is 0 Å². The first kappa shape index (κ1) is 12.0. The predicted molar refractivity (Wildman–Crippen MR) is 65.7 cm³/mol. The van der Waals surface area contributed by atoms with Crippen molar-refractivity contribution >= 4 is 0 Å². The van der Waals surface area contributed by atoms with Crippen LogP contribution in [-0.2, 0) is 6.42 Å². The summed E-state index contributed by atoms with van der Waals surface area (Å²) in [6.45, 7) is 4.32. The molecule has 1 aliphatic heterocycles. The highest BCUT2D eigenvalue weighted by Gasteiger charge is 2.19. The molecule has 0 saturated carbocycles. The second-order valence-corrected chi connectivity index (χ2v) is 5.01. The molecule has 2 N–H and O–H groups in total. The Hall–Kier alpha value is -1.42. The molecule has 0 saturated heterocycles. The van der Waals surface area contributed by atoms with Gasteiger partial charge in [-0.2, -0.15) is 0 Å². The molecule has 0 amide bonds. The Balaban J connectivity index is 2.21. The average molecular weight is 237 g/mol. The molecule has 2 rings (SSSR count). The van der Waals surface area contributed by atoms with Gasteiger partial charge in [-0.25, -0.2) is 0 Å². The maximum atomic E-state index is 5.99. The zero-order valence-corrected chi connectivity index (χ0v) is 10.6. The van der Waals surface area contributed by atoms with Crippen LogP contribution in [0.3, 0.4) is 0 Å². The van der Waals surface area contributed by atoms with Gasteiger partial charge in [0.15, 0.2) is 11.5 Å². The minimum absolute atomic E-state index is 0.179. The second kappa shape index (κ2) is 4.45. The molecule has 0 bridgehead atoms. The van der Waals surface area contributed by atoms with Gasteiger partial charge in [0, 0.05) is 11.6 Å². The highest BCUT2D eigenvalue weighted by atomic mass is 16.7. The molecule has 4 nitrogen and oxygen atoms in total. The molecule has 0 unspecified atom stereocenters. The molecule has 1 heterocycles. The van der Waals surface area contributed by atoms with Crippen LogP contribution in [0.4, 0.5) is 0 Å². The van der Waals surface area contributed by atoms with Crippen molar-refractivity contribution in [3.05, 3.63) is 17.7 Å². The van der Waals surface area contributed by atoms with E-state index in [0.717, 1.165) is 35.7 Å². The van der Waals surface area contributed by atoms with Gasteiger partial charge < -0.3 is 19.9 Å². The van der Waals surface area contributed by atoms with Crippen molar-refractivity contribution < 1.29 is 14.2 Å². The first-order valence-electron chi connectivity index (χ1n) is 5.75. The first-order valence-corrected chi connectivity index (χ1v) is 5.75. The van der Waals surface area contributed by atoms with Crippen molar-refractivity contribution in [2.75, 3.05) is 13.9 Å². The molecule has 0 radical (unpaired) electrons. The van der Waals surface area contributed by atoms with E-state index < -0.39 is 0 Å². The largest absolute Gasteiger partial charge is 0.496 e. The van der Waals surface area contributed by atoms with E-state index in [-0.39, 0.29) is 12.3 Å². The van der Waals surface area contributed by atoms with Gasteiger partial charge >= 0.3 is 0 Å². The Labute approximate surface area is 102 Å². The molecule has 0 fully saturated rings. The van der Waals surface area contributed by atoms with Gasteiger partial charge in [-0.05, 0) is 38.3 Å². The van der Waals surface area contributed by atoms with Crippen LogP contribution in [-0.4, -0.2) is 19.4 Å². The molecule has 94 valence electrons. The van der Waals surface area contributed by atoms with E-state index in [1.807, 2.05) is 26.0 Å². The summed E-state index contributed by atoms with van der Waals surface area (Å²) in [6, 6.07) is 3.86. The third-order valence-electron chi connectivity index (χ3n) is 2.81. The summed E-state index contributed by atoms with van der Waals surface area (Å²) < 4.78 is 16.0. The molecule has 17 heavy (non-hydrogen) atoms. The summed E-state index contributed by atoms with van der Waals surface area (Å²) in [6.07, 6.45) is 1.76. The van der Waals surface area contributed by atoms with Gasteiger partial charge in [0.05, 0.1) is 7.11 Å². The standard InChI is InChI=1S/C13H19NO3/c1-13(2,14)5-4-9-6-11-12(17-8-16-11)7-10(9)15-3/h6-7H,4-5,8,14H2,1-3H3. The van der Waals surface area contributed by atoms with Crippen molar-refractivity contribution in [1.82, 2.24) is 0 Å². The minimum Gasteiger partial charge on any atom is -0.496 e. The SMILES string of the molecule is COc1cc2c(cc1CCC(C)(C)N)OCO2. The zero-order chi connectivity index (χ0) is 12.5. The quantitative estimate of drug-likeness (QED) is 0.871. The molecular formula is C13H19NO3. The Morgan fingerprint density at radius 3 is 2.53 bits per heavy atom. The number of methoxy groups -OCH3 is 1. The number of hydrogen-bond donors (Lipinski definition) is 1. The summed E-state index contributed by atoms with van der Waals surface area (Å²) in [7, 11) is 1.66. The maximum Gasteiger partial charge on any atom is 0.231 e. The highest BCUT2D eigenvalue weighted by molar-refractivity contribution is 5.51. The Morgan fingerprint density at radius 1 is 1.29 bits per heavy atom. The molecule has 0 aliphatic carbocycles. The van der Waals surface area contributed by atoms with Gasteiger partial charge in [0.1, 0.15) is 5.75 Å². The summed E-state index contributed by atoms with van der Waals surface area (Å²) in [5, 5.41) is 0. The van der Waals surface area contributed by atoms with Crippen LogP contribution in [0.15, 0.2) is 12.1 Å². The number of nitrogens with two attached hydrogens (primary N) is 1. The van der Waals surface area contributed by atoms with Crippen LogP contribution >= 0.6 is 0 Å². The van der Waals surface area contributed by atoms with Crippen LogP contribution in [0.25, 0.3) is 0 Å². The number of benzene rings is 1. The molecule has 1 aromatic rings.